The van der Waals surface area contributed by atoms with Crippen LogP contribution in [0.25, 0.3) is 48.3 Å². The Hall–Kier alpha value is -5.67. The quantitative estimate of drug-likeness (QED) is 0.0556. The number of fused-ring (bicyclic) bond motifs is 5. The Balaban J connectivity index is 1.44. The molecule has 0 N–H and O–H groups in total. The molecule has 0 spiro atoms. The first-order chi connectivity index (χ1) is 31.9. The van der Waals surface area contributed by atoms with Crippen LogP contribution in [0.4, 0.5) is 13.2 Å². The summed E-state index contributed by atoms with van der Waals surface area (Å²) in [6.07, 6.45) is 12.1. The van der Waals surface area contributed by atoms with Crippen LogP contribution in [0.3, 0.4) is 0 Å². The number of ketones is 2. The third kappa shape index (κ3) is 9.20. The minimum atomic E-state index is -1.21. The summed E-state index contributed by atoms with van der Waals surface area (Å²) in [5.41, 5.74) is 3.10. The highest BCUT2D eigenvalue weighted by Crippen LogP contribution is 2.58. The highest BCUT2D eigenvalue weighted by atomic mass is 32.2. The van der Waals surface area contributed by atoms with E-state index in [1.54, 1.807) is 19.1 Å². The number of carbonyl (C=O) groups is 2. The maximum atomic E-state index is 14.9. The summed E-state index contributed by atoms with van der Waals surface area (Å²) >= 11 is 6.55. The maximum Gasteiger partial charge on any atom is 0.270 e. The van der Waals surface area contributed by atoms with Crippen LogP contribution in [-0.4, -0.2) is 23.1 Å². The van der Waals surface area contributed by atoms with Crippen LogP contribution in [0.1, 0.15) is 137 Å². The summed E-state index contributed by atoms with van der Waals surface area (Å²) in [6, 6.07) is 12.2. The van der Waals surface area contributed by atoms with E-state index in [4.69, 9.17) is 13.1 Å². The molecule has 3 aliphatic rings. The lowest BCUT2D eigenvalue weighted by Crippen LogP contribution is -2.05. The molecule has 0 saturated carbocycles. The Morgan fingerprint density at radius 3 is 1.48 bits per heavy atom. The van der Waals surface area contributed by atoms with Gasteiger partial charge in [-0.15, -0.1) is 46.2 Å². The number of thiophene rings is 2. The topological polar surface area (TPSA) is 90.4 Å². The van der Waals surface area contributed by atoms with Crippen molar-refractivity contribution >= 4 is 86.6 Å². The van der Waals surface area contributed by atoms with Crippen molar-refractivity contribution in [3.63, 3.8) is 0 Å². The summed E-state index contributed by atoms with van der Waals surface area (Å²) < 4.78 is 45.2. The zero-order valence-electron chi connectivity index (χ0n) is 37.2. The van der Waals surface area contributed by atoms with E-state index in [9.17, 15) is 33.3 Å². The molecule has 2 unspecified atom stereocenters. The number of rotatable bonds is 16. The first kappa shape index (κ1) is 48.3. The van der Waals surface area contributed by atoms with Gasteiger partial charge >= 0.3 is 0 Å². The number of halogens is 3. The molecular formula is C53H45F3N4O2S4. The van der Waals surface area contributed by atoms with Gasteiger partial charge in [0.2, 0.25) is 0 Å². The highest BCUT2D eigenvalue weighted by Gasteiger charge is 2.37. The molecule has 13 heteroatoms. The molecule has 334 valence electrons. The average molecular weight is 955 g/mol. The van der Waals surface area contributed by atoms with E-state index < -0.39 is 34.7 Å². The maximum absolute atomic E-state index is 14.9. The minimum absolute atomic E-state index is 0.00404. The second kappa shape index (κ2) is 20.9. The number of nitriles is 2. The number of benzene rings is 2. The Morgan fingerprint density at radius 1 is 0.652 bits per heavy atom. The van der Waals surface area contributed by atoms with E-state index in [1.807, 2.05) is 47.8 Å². The number of aryl methyl sites for hydroxylation is 1. The predicted octanol–water partition coefficient (Wildman–Crippen LogP) is 16.0. The number of hydrogen-bond acceptors (Lipinski definition) is 8. The molecule has 0 fully saturated rings. The van der Waals surface area contributed by atoms with Crippen LogP contribution < -0.4 is 0 Å². The van der Waals surface area contributed by atoms with Crippen LogP contribution in [0.2, 0.25) is 0 Å². The molecule has 2 heterocycles. The SMILES string of the molecule is [C-]#[N+]/C(C#N)=C1\C(=C\c2cc3c(s2)-c2sc(/C=C4\C(=O)c5cc(F)c(F)cc5\C4=C(\C#N)[N+]#[C-])cc2C3=C(SCC(CC)CCCC)SCC(CC)CCCC)C(=O)c2cc(F)c(C)cc21. The lowest BCUT2D eigenvalue weighted by atomic mass is 10.0. The van der Waals surface area contributed by atoms with Gasteiger partial charge in [-0.05, 0) is 96.8 Å². The van der Waals surface area contributed by atoms with Gasteiger partial charge in [0, 0.05) is 75.6 Å². The number of thioether (sulfide) groups is 2. The highest BCUT2D eigenvalue weighted by molar-refractivity contribution is 8.22. The van der Waals surface area contributed by atoms with Crippen molar-refractivity contribution in [2.24, 2.45) is 11.8 Å². The molecule has 3 aliphatic carbocycles. The number of carbonyl (C=O) groups excluding carboxylic acids is 2. The smallest absolute Gasteiger partial charge is 0.270 e. The lowest BCUT2D eigenvalue weighted by Gasteiger charge is -2.19. The van der Waals surface area contributed by atoms with E-state index in [2.05, 4.69) is 37.4 Å². The molecule has 4 aromatic rings. The molecule has 0 radical (unpaired) electrons. The summed E-state index contributed by atoms with van der Waals surface area (Å²) in [5.74, 6) is -1.25. The first-order valence-electron chi connectivity index (χ1n) is 22.0. The van der Waals surface area contributed by atoms with E-state index in [0.29, 0.717) is 27.2 Å². The van der Waals surface area contributed by atoms with Crippen LogP contribution in [0, 0.1) is 72.0 Å². The fraction of sp³-hybridized carbons (Fsp3) is 0.321. The molecule has 2 atom stereocenters. The second-order valence-electron chi connectivity index (χ2n) is 16.5. The van der Waals surface area contributed by atoms with Crippen LogP contribution in [0.5, 0.6) is 0 Å². The van der Waals surface area contributed by atoms with Crippen molar-refractivity contribution in [3.8, 4) is 21.9 Å². The molecule has 2 aromatic heterocycles. The second-order valence-corrected chi connectivity index (χ2v) is 21.0. The summed E-state index contributed by atoms with van der Waals surface area (Å²) in [4.78, 5) is 38.0. The van der Waals surface area contributed by atoms with Gasteiger partial charge in [-0.3, -0.25) is 9.59 Å². The Bertz CT molecular complexity index is 2800. The summed E-state index contributed by atoms with van der Waals surface area (Å²) in [5, 5.41) is 20.0. The molecule has 0 aliphatic heterocycles. The summed E-state index contributed by atoms with van der Waals surface area (Å²) in [7, 11) is 0. The van der Waals surface area contributed by atoms with E-state index >= 15 is 0 Å². The standard InChI is InChI=1S/C53H45F3N4O2S4/c1-8-12-14-29(10-3)26-63-53(64-27-30(11-4)15-13-9-2)48-39-19-31(17-37-46(44(24-57)59-6)33-16-28(5)41(54)22-35(33)49(37)61)65-51(39)52-40(48)20-32(66-52)18-38-47(45(25-58)60-7)34-21-42(55)43(56)23-36(34)50(38)62/h16-23,29-30H,8-15,26-27H2,1-5H3/b37-17-,38-18-,46-44-,47-45+,53-48?. The van der Waals surface area contributed by atoms with Gasteiger partial charge < -0.3 is 0 Å². The van der Waals surface area contributed by atoms with E-state index in [-0.39, 0.29) is 50.2 Å². The largest absolute Gasteiger partial charge is 0.289 e. The van der Waals surface area contributed by atoms with Gasteiger partial charge in [-0.1, -0.05) is 66.2 Å². The summed E-state index contributed by atoms with van der Waals surface area (Å²) in [6.45, 7) is 26.0. The molecule has 0 bridgehead atoms. The zero-order valence-corrected chi connectivity index (χ0v) is 40.5. The fourth-order valence-corrected chi connectivity index (χ4v) is 14.0. The van der Waals surface area contributed by atoms with Crippen molar-refractivity contribution in [2.45, 2.75) is 86.0 Å². The Morgan fingerprint density at radius 2 is 1.08 bits per heavy atom. The van der Waals surface area contributed by atoms with Crippen molar-refractivity contribution in [1.29, 1.82) is 10.5 Å². The third-order valence-corrected chi connectivity index (χ3v) is 17.6. The molecule has 6 nitrogen and oxygen atoms in total. The zero-order chi connectivity index (χ0) is 47.4. The van der Waals surface area contributed by atoms with Gasteiger partial charge in [0.05, 0.1) is 35.0 Å². The molecule has 66 heavy (non-hydrogen) atoms. The number of allylic oxidation sites excluding steroid dienone is 6. The van der Waals surface area contributed by atoms with Crippen molar-refractivity contribution in [3.05, 3.63) is 152 Å². The van der Waals surface area contributed by atoms with Gasteiger partial charge in [0.1, 0.15) is 5.82 Å². The fourth-order valence-electron chi connectivity index (χ4n) is 8.57. The van der Waals surface area contributed by atoms with Crippen LogP contribution >= 0.6 is 46.2 Å². The molecule has 0 amide bonds. The normalized spacial score (nSPS) is 17.2. The minimum Gasteiger partial charge on any atom is -0.289 e. The predicted molar refractivity (Wildman–Crippen MR) is 266 cm³/mol. The van der Waals surface area contributed by atoms with Crippen molar-refractivity contribution in [1.82, 2.24) is 0 Å². The van der Waals surface area contributed by atoms with Gasteiger partial charge in [-0.2, -0.15) is 0 Å². The molecule has 7 rings (SSSR count). The van der Waals surface area contributed by atoms with E-state index in [1.165, 1.54) is 34.8 Å². The monoisotopic (exact) mass is 954 g/mol. The number of unbranched alkanes of at least 4 members (excludes halogenated alkanes) is 2. The third-order valence-electron chi connectivity index (χ3n) is 12.3. The van der Waals surface area contributed by atoms with Crippen LogP contribution in [0.15, 0.2) is 63.2 Å². The average Bonchev–Trinajstić information content (AvgIpc) is 4.09. The van der Waals surface area contributed by atoms with Crippen molar-refractivity contribution in [2.75, 3.05) is 11.5 Å². The number of Topliss-reactive ketones (excluding diaryl/α,β-unsaturated/α-hetero) is 2. The van der Waals surface area contributed by atoms with Gasteiger partial charge in [0.25, 0.3) is 11.4 Å². The number of nitrogens with zero attached hydrogens (tertiary/aromatic N) is 4. The molecule has 2 aromatic carbocycles. The lowest BCUT2D eigenvalue weighted by molar-refractivity contribution is 0.103. The van der Waals surface area contributed by atoms with E-state index in [0.717, 1.165) is 106 Å². The Kier molecular flexibility index (Phi) is 15.3. The molecular weight excluding hydrogens is 910 g/mol. The number of hydrogen-bond donors (Lipinski definition) is 0. The van der Waals surface area contributed by atoms with Crippen molar-refractivity contribution < 1.29 is 22.8 Å². The first-order valence-corrected chi connectivity index (χ1v) is 25.6. The molecule has 0 saturated heterocycles. The Labute approximate surface area is 401 Å². The van der Waals surface area contributed by atoms with Crippen LogP contribution in [-0.2, 0) is 0 Å². The van der Waals surface area contributed by atoms with Gasteiger partial charge in [0.15, 0.2) is 23.2 Å². The van der Waals surface area contributed by atoms with Gasteiger partial charge in [-0.25, -0.2) is 33.4 Å².